The zero-order valence-electron chi connectivity index (χ0n) is 10.0. The summed E-state index contributed by atoms with van der Waals surface area (Å²) < 4.78 is 1.82. The quantitative estimate of drug-likeness (QED) is 0.820. The van der Waals surface area contributed by atoms with E-state index < -0.39 is 0 Å². The van der Waals surface area contributed by atoms with E-state index in [0.717, 1.165) is 17.9 Å². The van der Waals surface area contributed by atoms with Gasteiger partial charge in [0.15, 0.2) is 0 Å². The molecule has 0 atom stereocenters. The van der Waals surface area contributed by atoms with Gasteiger partial charge in [0, 0.05) is 31.5 Å². The van der Waals surface area contributed by atoms with Crippen molar-refractivity contribution in [1.29, 1.82) is 0 Å². The standard InChI is InChI=1S/C11H16N6/c1-3-9-8(7-17(2)16-9)6-14-10-4-5-13-11(12)15-10/h4-5,7H,3,6H2,1-2H3,(H3,12,13,14,15). The number of nitrogens with zero attached hydrogens (tertiary/aromatic N) is 4. The summed E-state index contributed by atoms with van der Waals surface area (Å²) >= 11 is 0. The monoisotopic (exact) mass is 232 g/mol. The average molecular weight is 232 g/mol. The molecule has 17 heavy (non-hydrogen) atoms. The molecule has 6 nitrogen and oxygen atoms in total. The van der Waals surface area contributed by atoms with Crippen molar-refractivity contribution in [2.75, 3.05) is 11.1 Å². The number of nitrogen functional groups attached to an aromatic ring is 1. The lowest BCUT2D eigenvalue weighted by atomic mass is 10.2. The Morgan fingerprint density at radius 2 is 2.29 bits per heavy atom. The molecule has 0 bridgehead atoms. The van der Waals surface area contributed by atoms with Gasteiger partial charge in [-0.15, -0.1) is 0 Å². The van der Waals surface area contributed by atoms with Crippen LogP contribution in [0.15, 0.2) is 18.5 Å². The van der Waals surface area contributed by atoms with Crippen molar-refractivity contribution >= 4 is 11.8 Å². The van der Waals surface area contributed by atoms with Gasteiger partial charge in [-0.3, -0.25) is 4.68 Å². The lowest BCUT2D eigenvalue weighted by molar-refractivity contribution is 0.746. The third kappa shape index (κ3) is 2.72. The highest BCUT2D eigenvalue weighted by Crippen LogP contribution is 2.10. The molecule has 2 aromatic heterocycles. The number of nitrogens with one attached hydrogen (secondary N) is 1. The van der Waals surface area contributed by atoms with Crippen LogP contribution in [0, 0.1) is 0 Å². The summed E-state index contributed by atoms with van der Waals surface area (Å²) in [5, 5.41) is 7.58. The molecule has 0 spiro atoms. The second kappa shape index (κ2) is 4.82. The van der Waals surface area contributed by atoms with E-state index in [9.17, 15) is 0 Å². The first-order valence-corrected chi connectivity index (χ1v) is 5.53. The number of hydrogen-bond acceptors (Lipinski definition) is 5. The van der Waals surface area contributed by atoms with E-state index in [1.807, 2.05) is 17.9 Å². The molecular formula is C11H16N6. The van der Waals surface area contributed by atoms with Crippen LogP contribution in [-0.4, -0.2) is 19.7 Å². The van der Waals surface area contributed by atoms with Gasteiger partial charge < -0.3 is 11.1 Å². The van der Waals surface area contributed by atoms with Crippen molar-refractivity contribution in [3.63, 3.8) is 0 Å². The summed E-state index contributed by atoms with van der Waals surface area (Å²) in [5.41, 5.74) is 7.78. The van der Waals surface area contributed by atoms with Crippen LogP contribution < -0.4 is 11.1 Å². The lowest BCUT2D eigenvalue weighted by Gasteiger charge is -2.04. The largest absolute Gasteiger partial charge is 0.368 e. The Hall–Kier alpha value is -2.11. The number of rotatable bonds is 4. The van der Waals surface area contributed by atoms with Crippen molar-refractivity contribution in [3.8, 4) is 0 Å². The zero-order chi connectivity index (χ0) is 12.3. The Kier molecular flexibility index (Phi) is 3.22. The Morgan fingerprint density at radius 1 is 1.47 bits per heavy atom. The van der Waals surface area contributed by atoms with Gasteiger partial charge in [0.05, 0.1) is 5.69 Å². The first kappa shape index (κ1) is 11.4. The van der Waals surface area contributed by atoms with E-state index in [-0.39, 0.29) is 5.95 Å². The minimum Gasteiger partial charge on any atom is -0.368 e. The highest BCUT2D eigenvalue weighted by atomic mass is 15.3. The van der Waals surface area contributed by atoms with Gasteiger partial charge in [-0.1, -0.05) is 6.92 Å². The highest BCUT2D eigenvalue weighted by molar-refractivity contribution is 5.38. The fourth-order valence-corrected chi connectivity index (χ4v) is 1.69. The third-order valence-corrected chi connectivity index (χ3v) is 2.46. The smallest absolute Gasteiger partial charge is 0.221 e. The molecule has 0 aliphatic heterocycles. The minimum absolute atomic E-state index is 0.275. The van der Waals surface area contributed by atoms with Crippen molar-refractivity contribution in [2.45, 2.75) is 19.9 Å². The molecule has 0 saturated carbocycles. The van der Waals surface area contributed by atoms with E-state index in [0.29, 0.717) is 6.54 Å². The number of anilines is 2. The van der Waals surface area contributed by atoms with Crippen LogP contribution in [0.4, 0.5) is 11.8 Å². The fraction of sp³-hybridized carbons (Fsp3) is 0.364. The molecule has 0 aliphatic carbocycles. The number of hydrogen-bond donors (Lipinski definition) is 2. The van der Waals surface area contributed by atoms with Crippen molar-refractivity contribution in [1.82, 2.24) is 19.7 Å². The lowest BCUT2D eigenvalue weighted by Crippen LogP contribution is -2.04. The Balaban J connectivity index is 2.06. The van der Waals surface area contributed by atoms with Gasteiger partial charge in [-0.05, 0) is 12.5 Å². The summed E-state index contributed by atoms with van der Waals surface area (Å²) in [4.78, 5) is 7.92. The molecule has 90 valence electrons. The van der Waals surface area contributed by atoms with Crippen LogP contribution in [0.5, 0.6) is 0 Å². The molecule has 0 unspecified atom stereocenters. The zero-order valence-corrected chi connectivity index (χ0v) is 10.0. The molecule has 6 heteroatoms. The molecule has 0 fully saturated rings. The van der Waals surface area contributed by atoms with E-state index in [2.05, 4.69) is 27.3 Å². The van der Waals surface area contributed by atoms with E-state index in [1.165, 1.54) is 5.56 Å². The van der Waals surface area contributed by atoms with Gasteiger partial charge in [0.25, 0.3) is 0 Å². The average Bonchev–Trinajstić information content (AvgIpc) is 2.67. The van der Waals surface area contributed by atoms with E-state index in [1.54, 1.807) is 12.3 Å². The fourth-order valence-electron chi connectivity index (χ4n) is 1.69. The van der Waals surface area contributed by atoms with Crippen LogP contribution in [0.25, 0.3) is 0 Å². The van der Waals surface area contributed by atoms with Crippen molar-refractivity contribution < 1.29 is 0 Å². The van der Waals surface area contributed by atoms with Gasteiger partial charge in [0.2, 0.25) is 5.95 Å². The minimum atomic E-state index is 0.275. The number of aryl methyl sites for hydroxylation is 2. The van der Waals surface area contributed by atoms with Gasteiger partial charge in [-0.2, -0.15) is 10.1 Å². The topological polar surface area (TPSA) is 81.7 Å². The van der Waals surface area contributed by atoms with Gasteiger partial charge in [0.1, 0.15) is 5.82 Å². The SMILES string of the molecule is CCc1nn(C)cc1CNc1ccnc(N)n1. The molecule has 2 aromatic rings. The van der Waals surface area contributed by atoms with Crippen LogP contribution >= 0.6 is 0 Å². The summed E-state index contributed by atoms with van der Waals surface area (Å²) in [7, 11) is 1.92. The maximum Gasteiger partial charge on any atom is 0.221 e. The van der Waals surface area contributed by atoms with Gasteiger partial charge in [-0.25, -0.2) is 4.98 Å². The molecular weight excluding hydrogens is 216 g/mol. The summed E-state index contributed by atoms with van der Waals surface area (Å²) in [5.74, 6) is 1.00. The van der Waals surface area contributed by atoms with E-state index >= 15 is 0 Å². The van der Waals surface area contributed by atoms with Crippen LogP contribution in [0.1, 0.15) is 18.2 Å². The van der Waals surface area contributed by atoms with Gasteiger partial charge >= 0.3 is 0 Å². The molecule has 2 heterocycles. The molecule has 0 amide bonds. The Labute approximate surface area is 99.9 Å². The maximum atomic E-state index is 5.51. The summed E-state index contributed by atoms with van der Waals surface area (Å²) in [6.45, 7) is 2.78. The normalized spacial score (nSPS) is 10.5. The van der Waals surface area contributed by atoms with Crippen molar-refractivity contribution in [2.24, 2.45) is 7.05 Å². The first-order valence-electron chi connectivity index (χ1n) is 5.53. The maximum absolute atomic E-state index is 5.51. The number of aromatic nitrogens is 4. The van der Waals surface area contributed by atoms with Crippen molar-refractivity contribution in [3.05, 3.63) is 29.7 Å². The predicted octanol–water partition coefficient (Wildman–Crippen LogP) is 0.967. The first-order chi connectivity index (χ1) is 8.19. The Morgan fingerprint density at radius 3 is 3.00 bits per heavy atom. The number of nitrogens with two attached hydrogens (primary N) is 1. The summed E-state index contributed by atoms with van der Waals surface area (Å²) in [6.07, 6.45) is 4.56. The molecule has 0 aromatic carbocycles. The van der Waals surface area contributed by atoms with Crippen LogP contribution in [-0.2, 0) is 20.0 Å². The third-order valence-electron chi connectivity index (χ3n) is 2.46. The molecule has 0 saturated heterocycles. The summed E-state index contributed by atoms with van der Waals surface area (Å²) in [6, 6.07) is 1.79. The second-order valence-electron chi connectivity index (χ2n) is 3.78. The van der Waals surface area contributed by atoms with Crippen LogP contribution in [0.2, 0.25) is 0 Å². The molecule has 3 N–H and O–H groups in total. The molecule has 2 rings (SSSR count). The second-order valence-corrected chi connectivity index (χ2v) is 3.78. The Bertz CT molecular complexity index is 504. The molecule has 0 radical (unpaired) electrons. The highest BCUT2D eigenvalue weighted by Gasteiger charge is 2.05. The predicted molar refractivity (Wildman–Crippen MR) is 66.4 cm³/mol. The molecule has 0 aliphatic rings. The van der Waals surface area contributed by atoms with Crippen LogP contribution in [0.3, 0.4) is 0 Å². The van der Waals surface area contributed by atoms with E-state index in [4.69, 9.17) is 5.73 Å².